The van der Waals surface area contributed by atoms with Gasteiger partial charge in [0.05, 0.1) is 30.1 Å². The van der Waals surface area contributed by atoms with Gasteiger partial charge in [-0.15, -0.1) is 0 Å². The molecule has 1 heterocycles. The Hall–Kier alpha value is -2.90. The first kappa shape index (κ1) is 21.8. The lowest BCUT2D eigenvalue weighted by molar-refractivity contribution is 0.0941. The van der Waals surface area contributed by atoms with E-state index in [1.807, 2.05) is 43.3 Å². The molecule has 0 bridgehead atoms. The molecule has 1 amide bonds. The molecule has 0 saturated heterocycles. The van der Waals surface area contributed by atoms with E-state index in [1.54, 1.807) is 26.2 Å². The number of amides is 1. The van der Waals surface area contributed by atoms with Crippen LogP contribution in [0.5, 0.6) is 5.75 Å². The van der Waals surface area contributed by atoms with E-state index in [2.05, 4.69) is 10.4 Å². The molecule has 0 fully saturated rings. The SMILES string of the molecule is COc1ccccc1C(CNC(=O)c1c(C)nn(-c2ccc(F)cc2)c1Cl)N(C)C. The van der Waals surface area contributed by atoms with Gasteiger partial charge < -0.3 is 15.0 Å². The average Bonchev–Trinajstić information content (AvgIpc) is 3.02. The zero-order valence-corrected chi connectivity index (χ0v) is 18.1. The Kier molecular flexibility index (Phi) is 6.74. The van der Waals surface area contributed by atoms with Crippen LogP contribution in [0, 0.1) is 12.7 Å². The maximum absolute atomic E-state index is 13.2. The molecule has 1 N–H and O–H groups in total. The van der Waals surface area contributed by atoms with E-state index in [0.717, 1.165) is 11.3 Å². The van der Waals surface area contributed by atoms with E-state index in [0.29, 0.717) is 23.5 Å². The molecule has 0 aliphatic carbocycles. The van der Waals surface area contributed by atoms with Crippen LogP contribution in [0.1, 0.15) is 27.7 Å². The third-order valence-corrected chi connectivity index (χ3v) is 5.23. The largest absolute Gasteiger partial charge is 0.496 e. The number of ether oxygens (including phenoxy) is 1. The number of hydrogen-bond acceptors (Lipinski definition) is 4. The molecule has 0 spiro atoms. The van der Waals surface area contributed by atoms with Gasteiger partial charge in [0.2, 0.25) is 0 Å². The van der Waals surface area contributed by atoms with Crippen molar-refractivity contribution in [1.29, 1.82) is 0 Å². The molecule has 0 aliphatic rings. The monoisotopic (exact) mass is 430 g/mol. The van der Waals surface area contributed by atoms with E-state index in [9.17, 15) is 9.18 Å². The minimum atomic E-state index is -0.359. The fourth-order valence-electron chi connectivity index (χ4n) is 3.30. The van der Waals surface area contributed by atoms with E-state index >= 15 is 0 Å². The zero-order valence-electron chi connectivity index (χ0n) is 17.3. The highest BCUT2D eigenvalue weighted by Crippen LogP contribution is 2.28. The van der Waals surface area contributed by atoms with Crippen molar-refractivity contribution in [1.82, 2.24) is 20.0 Å². The predicted octanol–water partition coefficient (Wildman–Crippen LogP) is 4.01. The Morgan fingerprint density at radius 2 is 1.90 bits per heavy atom. The van der Waals surface area contributed by atoms with Crippen LogP contribution in [0.25, 0.3) is 5.69 Å². The Bertz CT molecular complexity index is 1030. The lowest BCUT2D eigenvalue weighted by Gasteiger charge is -2.26. The Morgan fingerprint density at radius 1 is 1.23 bits per heavy atom. The standard InChI is InChI=1S/C22H24ClFN4O2/c1-14-20(21(23)28(26-14)16-11-9-15(24)10-12-16)22(29)25-13-18(27(2)3)17-7-5-6-8-19(17)30-4/h5-12,18H,13H2,1-4H3,(H,25,29). The molecule has 6 nitrogen and oxygen atoms in total. The van der Waals surface area contributed by atoms with Gasteiger partial charge >= 0.3 is 0 Å². The van der Waals surface area contributed by atoms with Gasteiger partial charge in [-0.05, 0) is 51.4 Å². The number of carbonyl (C=O) groups excluding carboxylic acids is 1. The van der Waals surface area contributed by atoms with Crippen LogP contribution >= 0.6 is 11.6 Å². The Balaban J connectivity index is 1.82. The summed E-state index contributed by atoms with van der Waals surface area (Å²) in [5, 5.41) is 7.48. The summed E-state index contributed by atoms with van der Waals surface area (Å²) >= 11 is 6.46. The van der Waals surface area contributed by atoms with Crippen LogP contribution in [0.3, 0.4) is 0 Å². The number of carbonyl (C=O) groups is 1. The number of benzene rings is 2. The lowest BCUT2D eigenvalue weighted by Crippen LogP contribution is -2.35. The quantitative estimate of drug-likeness (QED) is 0.615. The van der Waals surface area contributed by atoms with Crippen molar-refractivity contribution < 1.29 is 13.9 Å². The third kappa shape index (κ3) is 4.47. The highest BCUT2D eigenvalue weighted by atomic mass is 35.5. The van der Waals surface area contributed by atoms with Crippen LogP contribution in [-0.2, 0) is 0 Å². The zero-order chi connectivity index (χ0) is 21.8. The van der Waals surface area contributed by atoms with Crippen LogP contribution < -0.4 is 10.1 Å². The van der Waals surface area contributed by atoms with Gasteiger partial charge in [0.25, 0.3) is 5.91 Å². The van der Waals surface area contributed by atoms with Crippen LogP contribution in [0.2, 0.25) is 5.15 Å². The first-order valence-corrected chi connectivity index (χ1v) is 9.80. The molecule has 3 aromatic rings. The number of hydrogen-bond donors (Lipinski definition) is 1. The summed E-state index contributed by atoms with van der Waals surface area (Å²) in [7, 11) is 5.50. The summed E-state index contributed by atoms with van der Waals surface area (Å²) in [6.45, 7) is 2.06. The molecular weight excluding hydrogens is 407 g/mol. The molecule has 0 saturated carbocycles. The van der Waals surface area contributed by atoms with Crippen molar-refractivity contribution in [2.24, 2.45) is 0 Å². The van der Waals surface area contributed by atoms with Gasteiger partial charge in [-0.1, -0.05) is 29.8 Å². The van der Waals surface area contributed by atoms with Crippen molar-refractivity contribution in [3.8, 4) is 11.4 Å². The minimum Gasteiger partial charge on any atom is -0.496 e. The first-order chi connectivity index (χ1) is 14.3. The fraction of sp³-hybridized carbons (Fsp3) is 0.273. The lowest BCUT2D eigenvalue weighted by atomic mass is 10.0. The van der Waals surface area contributed by atoms with Crippen molar-refractivity contribution in [2.45, 2.75) is 13.0 Å². The molecule has 8 heteroatoms. The van der Waals surface area contributed by atoms with Gasteiger partial charge in [-0.3, -0.25) is 4.79 Å². The van der Waals surface area contributed by atoms with Gasteiger partial charge in [0.1, 0.15) is 16.7 Å². The van der Waals surface area contributed by atoms with E-state index in [4.69, 9.17) is 16.3 Å². The van der Waals surface area contributed by atoms with Gasteiger partial charge in [-0.2, -0.15) is 5.10 Å². The number of methoxy groups -OCH3 is 1. The van der Waals surface area contributed by atoms with Gasteiger partial charge in [0, 0.05) is 12.1 Å². The number of nitrogens with one attached hydrogen (secondary N) is 1. The third-order valence-electron chi connectivity index (χ3n) is 4.88. The molecular formula is C22H24ClFN4O2. The minimum absolute atomic E-state index is 0.101. The normalized spacial score (nSPS) is 12.1. The van der Waals surface area contributed by atoms with E-state index in [1.165, 1.54) is 16.8 Å². The van der Waals surface area contributed by atoms with Crippen molar-refractivity contribution in [3.05, 3.63) is 76.3 Å². The van der Waals surface area contributed by atoms with Crippen LogP contribution in [0.15, 0.2) is 48.5 Å². The number of likely N-dealkylation sites (N-methyl/N-ethyl adjacent to an activating group) is 1. The highest BCUT2D eigenvalue weighted by Gasteiger charge is 2.24. The maximum Gasteiger partial charge on any atom is 0.256 e. The summed E-state index contributed by atoms with van der Waals surface area (Å²) in [6.07, 6.45) is 0. The second-order valence-electron chi connectivity index (χ2n) is 7.07. The number of aryl methyl sites for hydroxylation is 1. The Morgan fingerprint density at radius 3 is 2.53 bits per heavy atom. The number of para-hydroxylation sites is 1. The summed E-state index contributed by atoms with van der Waals surface area (Å²) < 4.78 is 20.1. The van der Waals surface area contributed by atoms with Crippen molar-refractivity contribution >= 4 is 17.5 Å². The van der Waals surface area contributed by atoms with Crippen LogP contribution in [0.4, 0.5) is 4.39 Å². The topological polar surface area (TPSA) is 59.4 Å². The molecule has 3 rings (SSSR count). The Labute approximate surface area is 180 Å². The number of nitrogens with zero attached hydrogens (tertiary/aromatic N) is 3. The molecule has 1 aromatic heterocycles. The molecule has 0 radical (unpaired) electrons. The summed E-state index contributed by atoms with van der Waals surface area (Å²) in [5.41, 5.74) is 2.32. The van der Waals surface area contributed by atoms with Crippen molar-refractivity contribution in [2.75, 3.05) is 27.7 Å². The number of halogens is 2. The molecule has 1 atom stereocenters. The van der Waals surface area contributed by atoms with E-state index in [-0.39, 0.29) is 22.9 Å². The summed E-state index contributed by atoms with van der Waals surface area (Å²) in [5.74, 6) is 0.0687. The molecule has 2 aromatic carbocycles. The second-order valence-corrected chi connectivity index (χ2v) is 7.43. The molecule has 158 valence electrons. The average molecular weight is 431 g/mol. The molecule has 0 aliphatic heterocycles. The van der Waals surface area contributed by atoms with Gasteiger partial charge in [-0.25, -0.2) is 9.07 Å². The molecule has 1 unspecified atom stereocenters. The van der Waals surface area contributed by atoms with Gasteiger partial charge in [0.15, 0.2) is 0 Å². The molecule has 30 heavy (non-hydrogen) atoms. The summed E-state index contributed by atoms with van der Waals surface area (Å²) in [6, 6.07) is 13.3. The number of aromatic nitrogens is 2. The second kappa shape index (κ2) is 9.28. The number of rotatable bonds is 7. The van der Waals surface area contributed by atoms with E-state index < -0.39 is 0 Å². The van der Waals surface area contributed by atoms with Crippen molar-refractivity contribution in [3.63, 3.8) is 0 Å². The fourth-order valence-corrected chi connectivity index (χ4v) is 3.66. The maximum atomic E-state index is 13.2. The first-order valence-electron chi connectivity index (χ1n) is 9.42. The highest BCUT2D eigenvalue weighted by molar-refractivity contribution is 6.33. The predicted molar refractivity (Wildman–Crippen MR) is 115 cm³/mol. The van der Waals surface area contributed by atoms with Crippen LogP contribution in [-0.4, -0.2) is 48.3 Å². The smallest absolute Gasteiger partial charge is 0.256 e. The summed E-state index contributed by atoms with van der Waals surface area (Å²) in [4.78, 5) is 14.9.